The van der Waals surface area contributed by atoms with Gasteiger partial charge in [-0.25, -0.2) is 9.97 Å². The maximum Gasteiger partial charge on any atom is 0.270 e. The Morgan fingerprint density at radius 3 is 2.57 bits per heavy atom. The molecule has 2 aromatic carbocycles. The average molecular weight is 738 g/mol. The molecule has 4 aliphatic rings. The fraction of sp³-hybridized carbons (Fsp3) is 0.421. The summed E-state index contributed by atoms with van der Waals surface area (Å²) in [6, 6.07) is 13.6. The molecule has 2 saturated heterocycles. The molecule has 7 rings (SSSR count). The fourth-order valence-electron chi connectivity index (χ4n) is 7.55. The van der Waals surface area contributed by atoms with Crippen molar-refractivity contribution in [1.29, 1.82) is 0 Å². The Kier molecular flexibility index (Phi) is 11.0. The monoisotopic (exact) mass is 737 g/mol. The first-order chi connectivity index (χ1) is 26.1. The van der Waals surface area contributed by atoms with Crippen molar-refractivity contribution in [2.75, 3.05) is 57.7 Å². The number of nitrogens with one attached hydrogen (secondary N) is 4. The number of anilines is 1. The highest BCUT2D eigenvalue weighted by atomic mass is 16.3. The second-order valence-corrected chi connectivity index (χ2v) is 14.2. The van der Waals surface area contributed by atoms with Gasteiger partial charge in [0, 0.05) is 70.2 Å². The maximum absolute atomic E-state index is 13.3. The minimum Gasteiger partial charge on any atom is -0.390 e. The smallest absolute Gasteiger partial charge is 0.270 e. The van der Waals surface area contributed by atoms with Crippen LogP contribution in [0.2, 0.25) is 0 Å². The van der Waals surface area contributed by atoms with Crippen LogP contribution in [0.1, 0.15) is 60.9 Å². The van der Waals surface area contributed by atoms with E-state index >= 15 is 0 Å². The summed E-state index contributed by atoms with van der Waals surface area (Å²) in [5, 5.41) is 21.4. The minimum atomic E-state index is -1.07. The standard InChI is InChI=1S/C38H43N9O7/c48-27(21-45-12-10-24-4-1-2-5-25(24)20-45)16-41-35(51)30-15-26(42-22-43-30)14-23-18-46(19-23)13-11-39-33(50)17-40-29-7-3-6-28-34(29)38(54)47(37(28)53)31-8-9-32(49)44-36(31)52/h1-7,15,22-23,27,31,40,48H,8-14,16-21H2,(H,39,50)(H,41,51)(H,44,49,52)/t27-,31?/m0/s1. The molecule has 2 fully saturated rings. The topological polar surface area (TPSA) is 206 Å². The highest BCUT2D eigenvalue weighted by Crippen LogP contribution is 2.32. The van der Waals surface area contributed by atoms with Crippen LogP contribution < -0.4 is 21.3 Å². The molecule has 1 aromatic heterocycles. The second kappa shape index (κ2) is 16.2. The van der Waals surface area contributed by atoms with Gasteiger partial charge in [-0.1, -0.05) is 30.3 Å². The van der Waals surface area contributed by atoms with E-state index in [4.69, 9.17) is 0 Å². The van der Waals surface area contributed by atoms with Crippen molar-refractivity contribution in [3.05, 3.63) is 88.5 Å². The Morgan fingerprint density at radius 1 is 0.944 bits per heavy atom. The molecule has 0 aliphatic carbocycles. The van der Waals surface area contributed by atoms with Gasteiger partial charge in [-0.3, -0.25) is 43.9 Å². The summed E-state index contributed by atoms with van der Waals surface area (Å²) >= 11 is 0. The summed E-state index contributed by atoms with van der Waals surface area (Å²) in [4.78, 5) is 89.5. The predicted octanol–water partition coefficient (Wildman–Crippen LogP) is -0.271. The van der Waals surface area contributed by atoms with Gasteiger partial charge in [0.1, 0.15) is 18.1 Å². The summed E-state index contributed by atoms with van der Waals surface area (Å²) in [6.07, 6.45) is 2.39. The first kappa shape index (κ1) is 36.8. The third-order valence-corrected chi connectivity index (χ3v) is 10.3. The van der Waals surface area contributed by atoms with Crippen LogP contribution in [0.25, 0.3) is 0 Å². The van der Waals surface area contributed by atoms with Crippen LogP contribution in [-0.2, 0) is 33.8 Å². The number of benzene rings is 2. The van der Waals surface area contributed by atoms with E-state index in [0.717, 1.165) is 43.2 Å². The lowest BCUT2D eigenvalue weighted by molar-refractivity contribution is -0.136. The van der Waals surface area contributed by atoms with Crippen LogP contribution in [0.4, 0.5) is 5.69 Å². The van der Waals surface area contributed by atoms with Crippen molar-refractivity contribution >= 4 is 41.1 Å². The molecule has 0 saturated carbocycles. The zero-order valence-electron chi connectivity index (χ0n) is 29.8. The van der Waals surface area contributed by atoms with Crippen LogP contribution in [0.5, 0.6) is 0 Å². The van der Waals surface area contributed by atoms with E-state index in [1.165, 1.54) is 23.5 Å². The number of rotatable bonds is 14. The number of carbonyl (C=O) groups excluding carboxylic acids is 6. The number of aliphatic hydroxyl groups excluding tert-OH is 1. The van der Waals surface area contributed by atoms with Gasteiger partial charge in [0.15, 0.2) is 0 Å². The Hall–Kier alpha value is -5.58. The van der Waals surface area contributed by atoms with E-state index < -0.39 is 35.8 Å². The second-order valence-electron chi connectivity index (χ2n) is 14.2. The number of aliphatic hydroxyl groups is 1. The molecule has 6 amide bonds. The Morgan fingerprint density at radius 2 is 1.76 bits per heavy atom. The van der Waals surface area contributed by atoms with E-state index in [-0.39, 0.29) is 54.6 Å². The highest BCUT2D eigenvalue weighted by Gasteiger charge is 2.45. The van der Waals surface area contributed by atoms with Crippen LogP contribution in [0.3, 0.4) is 0 Å². The summed E-state index contributed by atoms with van der Waals surface area (Å²) < 4.78 is 0. The lowest BCUT2D eigenvalue weighted by Gasteiger charge is -2.39. The number of fused-ring (bicyclic) bond motifs is 2. The van der Waals surface area contributed by atoms with Crippen molar-refractivity contribution in [2.24, 2.45) is 5.92 Å². The lowest BCUT2D eigenvalue weighted by atomic mass is 9.94. The van der Waals surface area contributed by atoms with Gasteiger partial charge in [-0.05, 0) is 54.5 Å². The number of hydrogen-bond donors (Lipinski definition) is 5. The summed E-state index contributed by atoms with van der Waals surface area (Å²) in [5.74, 6) is -2.70. The molecule has 4 aliphatic heterocycles. The van der Waals surface area contributed by atoms with E-state index in [1.54, 1.807) is 18.2 Å². The lowest BCUT2D eigenvalue weighted by Crippen LogP contribution is -2.54. The molecule has 282 valence electrons. The SMILES string of the molecule is O=C(CNc1cccc2c1C(=O)N(C1CCC(=O)NC1=O)C2=O)NCCN1CC(Cc2cc(C(=O)NC[C@H](O)CN3CCc4ccccc4C3)ncn2)C1. The van der Waals surface area contributed by atoms with E-state index in [2.05, 4.69) is 53.2 Å². The van der Waals surface area contributed by atoms with Gasteiger partial charge in [0.05, 0.1) is 23.8 Å². The van der Waals surface area contributed by atoms with Crippen LogP contribution in [0.15, 0.2) is 54.9 Å². The number of carbonyl (C=O) groups is 6. The third kappa shape index (κ3) is 8.30. The molecule has 0 radical (unpaired) electrons. The summed E-state index contributed by atoms with van der Waals surface area (Å²) in [7, 11) is 0. The fourth-order valence-corrected chi connectivity index (χ4v) is 7.55. The zero-order valence-corrected chi connectivity index (χ0v) is 29.8. The van der Waals surface area contributed by atoms with Crippen LogP contribution in [0, 0.1) is 5.92 Å². The number of likely N-dealkylation sites (tertiary alicyclic amines) is 1. The van der Waals surface area contributed by atoms with Crippen molar-refractivity contribution in [2.45, 2.75) is 44.4 Å². The molecule has 3 aromatic rings. The number of amides is 6. The summed E-state index contributed by atoms with van der Waals surface area (Å²) in [6.45, 7) is 4.78. The first-order valence-corrected chi connectivity index (χ1v) is 18.3. The molecular formula is C38H43N9O7. The third-order valence-electron chi connectivity index (χ3n) is 10.3. The van der Waals surface area contributed by atoms with Gasteiger partial charge >= 0.3 is 0 Å². The summed E-state index contributed by atoms with van der Waals surface area (Å²) in [5.41, 5.74) is 4.18. The normalized spacial score (nSPS) is 19.4. The van der Waals surface area contributed by atoms with Gasteiger partial charge in [-0.15, -0.1) is 0 Å². The Bertz CT molecular complexity index is 1970. The Balaban J connectivity index is 0.795. The number of β-amino-alcohol motifs (C(OH)–C–C–N with tert-alkyl or cyclic N) is 1. The first-order valence-electron chi connectivity index (χ1n) is 18.3. The number of imide groups is 2. The van der Waals surface area contributed by atoms with Gasteiger partial charge in [0.25, 0.3) is 17.7 Å². The highest BCUT2D eigenvalue weighted by molar-refractivity contribution is 6.25. The molecule has 54 heavy (non-hydrogen) atoms. The predicted molar refractivity (Wildman–Crippen MR) is 194 cm³/mol. The minimum absolute atomic E-state index is 0.0275. The zero-order chi connectivity index (χ0) is 37.8. The van der Waals surface area contributed by atoms with Crippen molar-refractivity contribution < 1.29 is 33.9 Å². The molecule has 16 heteroatoms. The number of aromatic nitrogens is 2. The number of nitrogens with zero attached hydrogens (tertiary/aromatic N) is 5. The average Bonchev–Trinajstić information content (AvgIpc) is 3.41. The van der Waals surface area contributed by atoms with E-state index in [0.29, 0.717) is 37.7 Å². The molecule has 0 bridgehead atoms. The Labute approximate surface area is 311 Å². The molecule has 0 spiro atoms. The van der Waals surface area contributed by atoms with Gasteiger partial charge < -0.3 is 26.0 Å². The van der Waals surface area contributed by atoms with Crippen molar-refractivity contribution in [3.8, 4) is 0 Å². The number of piperidine rings is 1. The van der Waals surface area contributed by atoms with Crippen molar-refractivity contribution in [1.82, 2.24) is 40.6 Å². The van der Waals surface area contributed by atoms with Gasteiger partial charge in [0.2, 0.25) is 17.7 Å². The van der Waals surface area contributed by atoms with Crippen LogP contribution >= 0.6 is 0 Å². The molecule has 2 atom stereocenters. The van der Waals surface area contributed by atoms with Crippen LogP contribution in [-0.4, -0.2) is 130 Å². The molecule has 5 heterocycles. The molecular weight excluding hydrogens is 694 g/mol. The quantitative estimate of drug-likeness (QED) is 0.136. The maximum atomic E-state index is 13.3. The molecule has 5 N–H and O–H groups in total. The molecule has 1 unspecified atom stereocenters. The van der Waals surface area contributed by atoms with Gasteiger partial charge in [-0.2, -0.15) is 0 Å². The van der Waals surface area contributed by atoms with E-state index in [1.807, 2.05) is 12.1 Å². The van der Waals surface area contributed by atoms with E-state index in [9.17, 15) is 33.9 Å². The van der Waals surface area contributed by atoms with Crippen molar-refractivity contribution in [3.63, 3.8) is 0 Å². The largest absolute Gasteiger partial charge is 0.390 e. The molecule has 16 nitrogen and oxygen atoms in total. The number of hydrogen-bond acceptors (Lipinski definition) is 12.